The summed E-state index contributed by atoms with van der Waals surface area (Å²) in [6, 6.07) is 0. The molecule has 0 aliphatic carbocycles. The lowest BCUT2D eigenvalue weighted by Gasteiger charge is -2.11. The molecule has 0 aliphatic rings. The molecule has 4 heteroatoms. The number of methoxy groups -OCH3 is 2. The van der Waals surface area contributed by atoms with Gasteiger partial charge in [-0.05, 0) is 6.42 Å². The van der Waals surface area contributed by atoms with E-state index in [0.29, 0.717) is 6.42 Å². The molecule has 0 saturated heterocycles. The molecule has 1 radical (unpaired) electrons. The van der Waals surface area contributed by atoms with E-state index in [-0.39, 0.29) is 0 Å². The van der Waals surface area contributed by atoms with E-state index >= 15 is 0 Å². The summed E-state index contributed by atoms with van der Waals surface area (Å²) < 4.78 is 9.02. The standard InChI is InChI=1S/C10H17O4/c1-4-5-6-7-8(9(11)13-2)10(12)14-3/h8H,1,4-7H2,2-3H3. The van der Waals surface area contributed by atoms with Crippen molar-refractivity contribution in [2.75, 3.05) is 14.2 Å². The Morgan fingerprint density at radius 2 is 1.64 bits per heavy atom. The molecule has 0 rings (SSSR count). The van der Waals surface area contributed by atoms with Gasteiger partial charge in [0, 0.05) is 0 Å². The van der Waals surface area contributed by atoms with Crippen molar-refractivity contribution < 1.29 is 19.1 Å². The number of hydrogen-bond donors (Lipinski definition) is 0. The summed E-state index contributed by atoms with van der Waals surface area (Å²) in [7, 11) is 2.53. The van der Waals surface area contributed by atoms with E-state index in [1.165, 1.54) is 14.2 Å². The number of carbonyl (C=O) groups is 2. The van der Waals surface area contributed by atoms with Crippen LogP contribution in [0.2, 0.25) is 0 Å². The molecular formula is C10H17O4. The van der Waals surface area contributed by atoms with Gasteiger partial charge in [0.05, 0.1) is 14.2 Å². The molecule has 0 aromatic rings. The van der Waals surface area contributed by atoms with Gasteiger partial charge < -0.3 is 9.47 Å². The highest BCUT2D eigenvalue weighted by molar-refractivity contribution is 5.94. The third-order valence-corrected chi connectivity index (χ3v) is 1.96. The van der Waals surface area contributed by atoms with Gasteiger partial charge in [0.1, 0.15) is 0 Å². The van der Waals surface area contributed by atoms with Crippen LogP contribution in [-0.2, 0) is 19.1 Å². The van der Waals surface area contributed by atoms with Crippen LogP contribution < -0.4 is 0 Å². The number of unbranched alkanes of at least 4 members (excludes halogenated alkanes) is 2. The van der Waals surface area contributed by atoms with Crippen LogP contribution in [0.1, 0.15) is 25.7 Å². The van der Waals surface area contributed by atoms with E-state index in [1.54, 1.807) is 0 Å². The van der Waals surface area contributed by atoms with Crippen LogP contribution in [0.3, 0.4) is 0 Å². The minimum atomic E-state index is -0.781. The molecule has 0 unspecified atom stereocenters. The smallest absolute Gasteiger partial charge is 0.320 e. The molecule has 0 aliphatic heterocycles. The van der Waals surface area contributed by atoms with E-state index in [2.05, 4.69) is 16.4 Å². The van der Waals surface area contributed by atoms with Gasteiger partial charge in [0.2, 0.25) is 0 Å². The first-order chi connectivity index (χ1) is 6.67. The summed E-state index contributed by atoms with van der Waals surface area (Å²) in [5.41, 5.74) is 0. The summed E-state index contributed by atoms with van der Waals surface area (Å²) in [6.07, 6.45) is 2.94. The minimum absolute atomic E-state index is 0.467. The number of hydrogen-bond acceptors (Lipinski definition) is 4. The topological polar surface area (TPSA) is 52.6 Å². The number of rotatable bonds is 6. The minimum Gasteiger partial charge on any atom is -0.468 e. The maximum atomic E-state index is 11.2. The highest BCUT2D eigenvalue weighted by atomic mass is 16.5. The summed E-state index contributed by atoms with van der Waals surface area (Å²) in [6.45, 7) is 3.68. The summed E-state index contributed by atoms with van der Waals surface area (Å²) >= 11 is 0. The summed E-state index contributed by atoms with van der Waals surface area (Å²) in [5, 5.41) is 0. The lowest BCUT2D eigenvalue weighted by Crippen LogP contribution is -2.26. The Morgan fingerprint density at radius 1 is 1.14 bits per heavy atom. The number of esters is 2. The molecule has 14 heavy (non-hydrogen) atoms. The first kappa shape index (κ1) is 12.9. The zero-order chi connectivity index (χ0) is 11.0. The maximum Gasteiger partial charge on any atom is 0.320 e. The van der Waals surface area contributed by atoms with Crippen LogP contribution in [-0.4, -0.2) is 26.2 Å². The van der Waals surface area contributed by atoms with Crippen LogP contribution in [0.25, 0.3) is 0 Å². The van der Waals surface area contributed by atoms with Crippen LogP contribution >= 0.6 is 0 Å². The second-order valence-corrected chi connectivity index (χ2v) is 2.95. The molecule has 0 aromatic heterocycles. The van der Waals surface area contributed by atoms with Crippen molar-refractivity contribution in [3.63, 3.8) is 0 Å². The van der Waals surface area contributed by atoms with Crippen molar-refractivity contribution in [3.8, 4) is 0 Å². The molecule has 4 nitrogen and oxygen atoms in total. The molecule has 0 fully saturated rings. The average Bonchev–Trinajstić information content (AvgIpc) is 2.22. The lowest BCUT2D eigenvalue weighted by atomic mass is 10.0. The highest BCUT2D eigenvalue weighted by Crippen LogP contribution is 2.13. The van der Waals surface area contributed by atoms with Crippen LogP contribution in [0.15, 0.2) is 0 Å². The van der Waals surface area contributed by atoms with Gasteiger partial charge in [-0.25, -0.2) is 0 Å². The van der Waals surface area contributed by atoms with Crippen molar-refractivity contribution in [1.29, 1.82) is 0 Å². The fourth-order valence-corrected chi connectivity index (χ4v) is 1.14. The Bertz CT molecular complexity index is 173. The van der Waals surface area contributed by atoms with Gasteiger partial charge in [0.15, 0.2) is 5.92 Å². The molecule has 0 heterocycles. The molecule has 0 aromatic carbocycles. The third-order valence-electron chi connectivity index (χ3n) is 1.96. The van der Waals surface area contributed by atoms with Gasteiger partial charge in [0.25, 0.3) is 0 Å². The molecule has 0 bridgehead atoms. The fourth-order valence-electron chi connectivity index (χ4n) is 1.14. The Labute approximate surface area is 84.6 Å². The van der Waals surface area contributed by atoms with E-state index in [9.17, 15) is 9.59 Å². The quantitative estimate of drug-likeness (QED) is 0.370. The monoisotopic (exact) mass is 201 g/mol. The highest BCUT2D eigenvalue weighted by Gasteiger charge is 2.27. The maximum absolute atomic E-state index is 11.2. The molecule has 0 spiro atoms. The lowest BCUT2D eigenvalue weighted by molar-refractivity contribution is -0.159. The van der Waals surface area contributed by atoms with Crippen LogP contribution in [0.5, 0.6) is 0 Å². The number of carbonyl (C=O) groups excluding carboxylic acids is 2. The van der Waals surface area contributed by atoms with Gasteiger partial charge in [-0.3, -0.25) is 9.59 Å². The predicted octanol–water partition coefficient (Wildman–Crippen LogP) is 1.34. The van der Waals surface area contributed by atoms with Crippen molar-refractivity contribution in [2.45, 2.75) is 25.7 Å². The normalized spacial score (nSPS) is 10.0. The average molecular weight is 201 g/mol. The second kappa shape index (κ2) is 7.35. The SMILES string of the molecule is [CH2]CCCCC(C(=O)OC)C(=O)OC. The molecule has 0 saturated carbocycles. The van der Waals surface area contributed by atoms with Gasteiger partial charge >= 0.3 is 11.9 Å². The van der Waals surface area contributed by atoms with Crippen molar-refractivity contribution in [3.05, 3.63) is 6.92 Å². The Balaban J connectivity index is 4.11. The zero-order valence-corrected chi connectivity index (χ0v) is 8.75. The Morgan fingerprint density at radius 3 is 2.00 bits per heavy atom. The van der Waals surface area contributed by atoms with Gasteiger partial charge in [-0.15, -0.1) is 0 Å². The van der Waals surface area contributed by atoms with Crippen molar-refractivity contribution in [2.24, 2.45) is 5.92 Å². The van der Waals surface area contributed by atoms with Crippen LogP contribution in [0, 0.1) is 12.8 Å². The van der Waals surface area contributed by atoms with E-state index < -0.39 is 17.9 Å². The molecule has 0 amide bonds. The summed E-state index contributed by atoms with van der Waals surface area (Å²) in [4.78, 5) is 22.3. The van der Waals surface area contributed by atoms with E-state index in [4.69, 9.17) is 0 Å². The van der Waals surface area contributed by atoms with Crippen molar-refractivity contribution >= 4 is 11.9 Å². The molecule has 0 N–H and O–H groups in total. The largest absolute Gasteiger partial charge is 0.468 e. The zero-order valence-electron chi connectivity index (χ0n) is 8.75. The fraction of sp³-hybridized carbons (Fsp3) is 0.700. The first-order valence-corrected chi connectivity index (χ1v) is 4.62. The van der Waals surface area contributed by atoms with Gasteiger partial charge in [-0.1, -0.05) is 26.2 Å². The van der Waals surface area contributed by atoms with Crippen LogP contribution in [0.4, 0.5) is 0 Å². The van der Waals surface area contributed by atoms with E-state index in [1.807, 2.05) is 0 Å². The Kier molecular flexibility index (Phi) is 6.80. The Hall–Kier alpha value is -1.06. The second-order valence-electron chi connectivity index (χ2n) is 2.95. The van der Waals surface area contributed by atoms with E-state index in [0.717, 1.165) is 19.3 Å². The van der Waals surface area contributed by atoms with Crippen molar-refractivity contribution in [1.82, 2.24) is 0 Å². The third kappa shape index (κ3) is 4.25. The number of ether oxygens (including phenoxy) is 2. The molecular weight excluding hydrogens is 184 g/mol. The molecule has 0 atom stereocenters. The molecule has 81 valence electrons. The summed E-state index contributed by atoms with van der Waals surface area (Å²) in [5.74, 6) is -1.83. The predicted molar refractivity (Wildman–Crippen MR) is 51.3 cm³/mol. The van der Waals surface area contributed by atoms with Gasteiger partial charge in [-0.2, -0.15) is 0 Å². The first-order valence-electron chi connectivity index (χ1n) is 4.62.